The summed E-state index contributed by atoms with van der Waals surface area (Å²) in [5, 5.41) is 0. The Morgan fingerprint density at radius 1 is 1.28 bits per heavy atom. The van der Waals surface area contributed by atoms with E-state index in [4.69, 9.17) is 9.47 Å². The molecular weight excluding hydrogens is 377 g/mol. The van der Waals surface area contributed by atoms with Crippen LogP contribution >= 0.6 is 0 Å². The van der Waals surface area contributed by atoms with Gasteiger partial charge in [0.2, 0.25) is 5.88 Å². The lowest BCUT2D eigenvalue weighted by molar-refractivity contribution is -0.144. The zero-order valence-corrected chi connectivity index (χ0v) is 16.1. The molecule has 0 radical (unpaired) electrons. The standard InChI is InChI=1S/C21H22FN3O4/c1-28-18-10-15(6-8-23-18)20(27)24-9-3-7-21(13-24)14-25(19(26)12-29-21)17-5-2-4-16(22)11-17/h2,4-6,8,10-11H,3,7,9,12-14H2,1H3. The Morgan fingerprint density at radius 3 is 2.93 bits per heavy atom. The molecule has 2 saturated heterocycles. The first-order chi connectivity index (χ1) is 14.0. The fourth-order valence-electron chi connectivity index (χ4n) is 3.95. The van der Waals surface area contributed by atoms with Crippen LogP contribution in [-0.2, 0) is 9.53 Å². The quantitative estimate of drug-likeness (QED) is 0.792. The third-order valence-corrected chi connectivity index (χ3v) is 5.39. The van der Waals surface area contributed by atoms with Crippen LogP contribution in [0.25, 0.3) is 0 Å². The molecule has 2 aromatic rings. The summed E-state index contributed by atoms with van der Waals surface area (Å²) in [4.78, 5) is 32.7. The van der Waals surface area contributed by atoms with Crippen LogP contribution in [0.4, 0.5) is 10.1 Å². The lowest BCUT2D eigenvalue weighted by atomic mass is 9.90. The predicted octanol–water partition coefficient (Wildman–Crippen LogP) is 2.27. The van der Waals surface area contributed by atoms with Gasteiger partial charge >= 0.3 is 0 Å². The average Bonchev–Trinajstić information content (AvgIpc) is 2.75. The largest absolute Gasteiger partial charge is 0.481 e. The Morgan fingerprint density at radius 2 is 2.14 bits per heavy atom. The summed E-state index contributed by atoms with van der Waals surface area (Å²) in [5.74, 6) is -0.381. The smallest absolute Gasteiger partial charge is 0.254 e. The van der Waals surface area contributed by atoms with E-state index in [0.29, 0.717) is 30.2 Å². The summed E-state index contributed by atoms with van der Waals surface area (Å²) >= 11 is 0. The minimum atomic E-state index is -0.675. The molecule has 29 heavy (non-hydrogen) atoms. The number of halogens is 1. The Labute approximate surface area is 168 Å². The second-order valence-electron chi connectivity index (χ2n) is 7.35. The highest BCUT2D eigenvalue weighted by Crippen LogP contribution is 2.32. The number of carbonyl (C=O) groups excluding carboxylic acids is 2. The molecule has 2 fully saturated rings. The monoisotopic (exact) mass is 399 g/mol. The number of aromatic nitrogens is 1. The molecule has 2 aliphatic heterocycles. The lowest BCUT2D eigenvalue weighted by Crippen LogP contribution is -2.62. The highest BCUT2D eigenvalue weighted by molar-refractivity contribution is 5.96. The van der Waals surface area contributed by atoms with Gasteiger partial charge < -0.3 is 19.3 Å². The van der Waals surface area contributed by atoms with E-state index in [2.05, 4.69) is 4.98 Å². The molecule has 152 valence electrons. The van der Waals surface area contributed by atoms with Crippen molar-refractivity contribution < 1.29 is 23.5 Å². The summed E-state index contributed by atoms with van der Waals surface area (Å²) in [6.07, 6.45) is 3.00. The van der Waals surface area contributed by atoms with E-state index in [9.17, 15) is 14.0 Å². The van der Waals surface area contributed by atoms with Crippen LogP contribution in [0.2, 0.25) is 0 Å². The van der Waals surface area contributed by atoms with E-state index in [1.54, 1.807) is 34.1 Å². The van der Waals surface area contributed by atoms with Crippen molar-refractivity contribution in [3.8, 4) is 5.88 Å². The van der Waals surface area contributed by atoms with Crippen molar-refractivity contribution in [1.82, 2.24) is 9.88 Å². The van der Waals surface area contributed by atoms with Crippen LogP contribution in [0.1, 0.15) is 23.2 Å². The van der Waals surface area contributed by atoms with Crippen molar-refractivity contribution in [2.45, 2.75) is 18.4 Å². The molecule has 0 bridgehead atoms. The van der Waals surface area contributed by atoms with Crippen LogP contribution in [0.5, 0.6) is 5.88 Å². The number of likely N-dealkylation sites (tertiary alicyclic amines) is 1. The molecule has 8 heteroatoms. The topological polar surface area (TPSA) is 72.0 Å². The third-order valence-electron chi connectivity index (χ3n) is 5.39. The number of amides is 2. The van der Waals surface area contributed by atoms with Gasteiger partial charge in [0.25, 0.3) is 11.8 Å². The van der Waals surface area contributed by atoms with Crippen molar-refractivity contribution in [3.63, 3.8) is 0 Å². The molecule has 1 aromatic heterocycles. The number of pyridine rings is 1. The lowest BCUT2D eigenvalue weighted by Gasteiger charge is -2.47. The number of hydrogen-bond acceptors (Lipinski definition) is 5. The van der Waals surface area contributed by atoms with Crippen molar-refractivity contribution in [2.75, 3.05) is 38.3 Å². The number of hydrogen-bond donors (Lipinski definition) is 0. The van der Waals surface area contributed by atoms with Crippen LogP contribution in [-0.4, -0.2) is 60.7 Å². The zero-order valence-electron chi connectivity index (χ0n) is 16.1. The van der Waals surface area contributed by atoms with Gasteiger partial charge in [-0.05, 0) is 37.1 Å². The number of nitrogens with zero attached hydrogens (tertiary/aromatic N) is 3. The molecule has 3 heterocycles. The zero-order chi connectivity index (χ0) is 20.4. The van der Waals surface area contributed by atoms with Gasteiger partial charge in [-0.1, -0.05) is 6.07 Å². The Kier molecular flexibility index (Phi) is 5.19. The highest BCUT2D eigenvalue weighted by Gasteiger charge is 2.44. The van der Waals surface area contributed by atoms with Gasteiger partial charge in [-0.15, -0.1) is 0 Å². The summed E-state index contributed by atoms with van der Waals surface area (Å²) in [6.45, 7) is 1.14. The maximum atomic E-state index is 13.7. The molecule has 1 unspecified atom stereocenters. The van der Waals surface area contributed by atoms with E-state index in [1.807, 2.05) is 0 Å². The average molecular weight is 399 g/mol. The minimum Gasteiger partial charge on any atom is -0.481 e. The number of morpholine rings is 1. The number of carbonyl (C=O) groups is 2. The predicted molar refractivity (Wildman–Crippen MR) is 103 cm³/mol. The van der Waals surface area contributed by atoms with Crippen LogP contribution in [0, 0.1) is 5.82 Å². The Bertz CT molecular complexity index is 938. The maximum Gasteiger partial charge on any atom is 0.254 e. The van der Waals surface area contributed by atoms with Gasteiger partial charge in [0.1, 0.15) is 18.0 Å². The van der Waals surface area contributed by atoms with Crippen LogP contribution in [0.3, 0.4) is 0 Å². The minimum absolute atomic E-state index is 0.0956. The number of anilines is 1. The first-order valence-corrected chi connectivity index (χ1v) is 9.49. The van der Waals surface area contributed by atoms with Gasteiger partial charge in [0.15, 0.2) is 0 Å². The normalized spacial score (nSPS) is 22.1. The first-order valence-electron chi connectivity index (χ1n) is 9.49. The van der Waals surface area contributed by atoms with E-state index in [-0.39, 0.29) is 25.0 Å². The van der Waals surface area contributed by atoms with Gasteiger partial charge in [-0.2, -0.15) is 0 Å². The second-order valence-corrected chi connectivity index (χ2v) is 7.35. The van der Waals surface area contributed by atoms with Crippen molar-refractivity contribution in [1.29, 1.82) is 0 Å². The molecule has 2 amide bonds. The second kappa shape index (κ2) is 7.79. The van der Waals surface area contributed by atoms with Crippen molar-refractivity contribution >= 4 is 17.5 Å². The third kappa shape index (κ3) is 3.93. The first kappa shape index (κ1) is 19.3. The molecule has 4 rings (SSSR count). The number of rotatable bonds is 3. The number of benzene rings is 1. The molecular formula is C21H22FN3O4. The van der Waals surface area contributed by atoms with Gasteiger partial charge in [0.05, 0.1) is 20.2 Å². The fourth-order valence-corrected chi connectivity index (χ4v) is 3.95. The van der Waals surface area contributed by atoms with Crippen molar-refractivity contribution in [3.05, 3.63) is 54.0 Å². The van der Waals surface area contributed by atoms with E-state index >= 15 is 0 Å². The van der Waals surface area contributed by atoms with Crippen LogP contribution in [0.15, 0.2) is 42.6 Å². The van der Waals surface area contributed by atoms with Gasteiger partial charge in [0, 0.05) is 30.1 Å². The summed E-state index contributed by atoms with van der Waals surface area (Å²) in [7, 11) is 1.50. The van der Waals surface area contributed by atoms with E-state index < -0.39 is 11.4 Å². The molecule has 7 nitrogen and oxygen atoms in total. The summed E-state index contributed by atoms with van der Waals surface area (Å²) in [6, 6.07) is 9.22. The molecule has 0 saturated carbocycles. The van der Waals surface area contributed by atoms with Gasteiger partial charge in [-0.25, -0.2) is 9.37 Å². The molecule has 0 aliphatic carbocycles. The Hall–Kier alpha value is -3.00. The summed E-state index contributed by atoms with van der Waals surface area (Å²) in [5.41, 5.74) is 0.313. The molecule has 0 N–H and O–H groups in total. The molecule has 1 spiro atoms. The van der Waals surface area contributed by atoms with E-state index in [0.717, 1.165) is 12.8 Å². The molecule has 2 aliphatic rings. The number of ether oxygens (including phenoxy) is 2. The van der Waals surface area contributed by atoms with Crippen molar-refractivity contribution in [2.24, 2.45) is 0 Å². The maximum absolute atomic E-state index is 13.7. The Balaban J connectivity index is 1.54. The SMILES string of the molecule is COc1cc(C(=O)N2CCCC3(C2)CN(c2cccc(F)c2)C(=O)CO3)ccn1. The van der Waals surface area contributed by atoms with E-state index in [1.165, 1.54) is 25.4 Å². The number of piperidine rings is 1. The summed E-state index contributed by atoms with van der Waals surface area (Å²) < 4.78 is 24.7. The molecule has 1 atom stereocenters. The number of methoxy groups -OCH3 is 1. The fraction of sp³-hybridized carbons (Fsp3) is 0.381. The van der Waals surface area contributed by atoms with Gasteiger partial charge in [-0.3, -0.25) is 9.59 Å². The molecule has 1 aromatic carbocycles. The van der Waals surface area contributed by atoms with Crippen LogP contribution < -0.4 is 9.64 Å². The highest BCUT2D eigenvalue weighted by atomic mass is 19.1.